The molecular formula is C14H33ClN+. The smallest absolute Gasteiger partial charge is 0.0739 e. The van der Waals surface area contributed by atoms with Gasteiger partial charge in [0.2, 0.25) is 0 Å². The number of hydrogen-bond acceptors (Lipinski definition) is 0. The van der Waals surface area contributed by atoms with Crippen molar-refractivity contribution < 1.29 is 5.73 Å². The number of halogens is 1. The molecule has 0 fully saturated rings. The second kappa shape index (κ2) is 17.6. The van der Waals surface area contributed by atoms with E-state index in [1.165, 1.54) is 77.0 Å². The van der Waals surface area contributed by atoms with Crippen molar-refractivity contribution in [1.29, 1.82) is 0 Å². The van der Waals surface area contributed by atoms with Gasteiger partial charge in [0.05, 0.1) is 6.54 Å². The summed E-state index contributed by atoms with van der Waals surface area (Å²) in [6.07, 6.45) is 17.2. The van der Waals surface area contributed by atoms with Gasteiger partial charge < -0.3 is 5.73 Å². The fourth-order valence-electron chi connectivity index (χ4n) is 2.02. The average molecular weight is 251 g/mol. The fraction of sp³-hybridized carbons (Fsp3) is 1.00. The standard InChI is InChI=1S/C14H31N.ClH/c1-2-3-4-5-6-7-8-9-10-11-12-13-14-15;/h2-15H2,1H3;1H/p+1. The molecule has 16 heavy (non-hydrogen) atoms. The third-order valence-electron chi connectivity index (χ3n) is 3.10. The van der Waals surface area contributed by atoms with E-state index in [1.54, 1.807) is 0 Å². The Morgan fingerprint density at radius 1 is 0.562 bits per heavy atom. The lowest BCUT2D eigenvalue weighted by molar-refractivity contribution is -0.368. The molecule has 0 saturated heterocycles. The van der Waals surface area contributed by atoms with Crippen LogP contribution in [0.4, 0.5) is 0 Å². The first-order chi connectivity index (χ1) is 7.41. The van der Waals surface area contributed by atoms with E-state index in [9.17, 15) is 0 Å². The first-order valence-corrected chi connectivity index (χ1v) is 7.21. The third kappa shape index (κ3) is 16.7. The van der Waals surface area contributed by atoms with Gasteiger partial charge in [-0.25, -0.2) is 0 Å². The summed E-state index contributed by atoms with van der Waals surface area (Å²) in [6, 6.07) is 0. The zero-order valence-electron chi connectivity index (χ0n) is 11.3. The molecule has 0 aromatic carbocycles. The van der Waals surface area contributed by atoms with Gasteiger partial charge in [-0.3, -0.25) is 0 Å². The predicted octanol–water partition coefficient (Wildman–Crippen LogP) is 4.35. The van der Waals surface area contributed by atoms with Crippen LogP contribution in [-0.2, 0) is 0 Å². The molecule has 0 aromatic heterocycles. The summed E-state index contributed by atoms with van der Waals surface area (Å²) >= 11 is 0. The van der Waals surface area contributed by atoms with Crippen molar-refractivity contribution in [1.82, 2.24) is 0 Å². The Morgan fingerprint density at radius 2 is 0.875 bits per heavy atom. The van der Waals surface area contributed by atoms with Crippen LogP contribution >= 0.6 is 12.4 Å². The van der Waals surface area contributed by atoms with Gasteiger partial charge in [-0.2, -0.15) is 0 Å². The van der Waals surface area contributed by atoms with Gasteiger partial charge in [0.25, 0.3) is 0 Å². The van der Waals surface area contributed by atoms with E-state index in [0.29, 0.717) is 0 Å². The molecule has 0 unspecified atom stereocenters. The van der Waals surface area contributed by atoms with E-state index in [1.807, 2.05) is 0 Å². The normalized spacial score (nSPS) is 10.1. The number of unbranched alkanes of at least 4 members (excludes halogenated alkanes) is 11. The van der Waals surface area contributed by atoms with E-state index in [2.05, 4.69) is 12.7 Å². The van der Waals surface area contributed by atoms with Crippen molar-refractivity contribution in [3.8, 4) is 0 Å². The summed E-state index contributed by atoms with van der Waals surface area (Å²) < 4.78 is 0. The van der Waals surface area contributed by atoms with Crippen molar-refractivity contribution in [3.63, 3.8) is 0 Å². The summed E-state index contributed by atoms with van der Waals surface area (Å²) in [5.74, 6) is 0. The molecule has 0 amide bonds. The van der Waals surface area contributed by atoms with E-state index in [4.69, 9.17) is 0 Å². The van der Waals surface area contributed by atoms with Crippen LogP contribution in [0.1, 0.15) is 84.0 Å². The van der Waals surface area contributed by atoms with Gasteiger partial charge in [-0.1, -0.05) is 71.1 Å². The average Bonchev–Trinajstić information content (AvgIpc) is 2.26. The summed E-state index contributed by atoms with van der Waals surface area (Å²) in [4.78, 5) is 0. The van der Waals surface area contributed by atoms with E-state index < -0.39 is 0 Å². The highest BCUT2D eigenvalue weighted by atomic mass is 35.5. The van der Waals surface area contributed by atoms with Crippen LogP contribution in [0.5, 0.6) is 0 Å². The zero-order chi connectivity index (χ0) is 11.2. The topological polar surface area (TPSA) is 27.6 Å². The molecule has 0 rings (SSSR count). The predicted molar refractivity (Wildman–Crippen MR) is 76.1 cm³/mol. The second-order valence-electron chi connectivity index (χ2n) is 4.74. The molecular weight excluding hydrogens is 218 g/mol. The highest BCUT2D eigenvalue weighted by molar-refractivity contribution is 5.85. The highest BCUT2D eigenvalue weighted by Crippen LogP contribution is 2.11. The molecule has 100 valence electrons. The van der Waals surface area contributed by atoms with Crippen molar-refractivity contribution >= 4 is 12.4 Å². The molecule has 0 heterocycles. The number of rotatable bonds is 12. The minimum Gasteiger partial charge on any atom is -0.358 e. The Kier molecular flexibility index (Phi) is 20.5. The van der Waals surface area contributed by atoms with Crippen molar-refractivity contribution in [3.05, 3.63) is 0 Å². The van der Waals surface area contributed by atoms with Gasteiger partial charge in [0, 0.05) is 0 Å². The zero-order valence-corrected chi connectivity index (χ0v) is 12.1. The van der Waals surface area contributed by atoms with Gasteiger partial charge in [0.1, 0.15) is 0 Å². The Hall–Kier alpha value is 0.250. The first-order valence-electron chi connectivity index (χ1n) is 7.21. The minimum atomic E-state index is 0. The van der Waals surface area contributed by atoms with Crippen molar-refractivity contribution in [2.45, 2.75) is 84.0 Å². The molecule has 0 saturated carbocycles. The van der Waals surface area contributed by atoms with Crippen LogP contribution < -0.4 is 5.73 Å². The molecule has 0 bridgehead atoms. The Labute approximate surface area is 109 Å². The quantitative estimate of drug-likeness (QED) is 0.499. The molecule has 0 radical (unpaired) electrons. The molecule has 1 nitrogen and oxygen atoms in total. The van der Waals surface area contributed by atoms with Crippen LogP contribution in [0.3, 0.4) is 0 Å². The van der Waals surface area contributed by atoms with E-state index in [-0.39, 0.29) is 12.4 Å². The molecule has 0 atom stereocenters. The molecule has 3 N–H and O–H groups in total. The molecule has 2 heteroatoms. The Bertz CT molecular complexity index is 94.9. The van der Waals surface area contributed by atoms with E-state index in [0.717, 1.165) is 6.54 Å². The lowest BCUT2D eigenvalue weighted by atomic mass is 10.1. The summed E-state index contributed by atoms with van der Waals surface area (Å²) in [5.41, 5.74) is 3.87. The van der Waals surface area contributed by atoms with Crippen LogP contribution in [0.2, 0.25) is 0 Å². The summed E-state index contributed by atoms with van der Waals surface area (Å²) in [5, 5.41) is 0. The van der Waals surface area contributed by atoms with Gasteiger partial charge in [-0.15, -0.1) is 12.4 Å². The minimum absolute atomic E-state index is 0. The van der Waals surface area contributed by atoms with Gasteiger partial charge >= 0.3 is 0 Å². The number of quaternary nitrogens is 1. The lowest BCUT2D eigenvalue weighted by Crippen LogP contribution is -2.50. The molecule has 0 spiro atoms. The number of hydrogen-bond donors (Lipinski definition) is 1. The SMILES string of the molecule is CCCCCCCCCCCCCC[NH3+].Cl. The Balaban J connectivity index is 0. The summed E-state index contributed by atoms with van der Waals surface area (Å²) in [7, 11) is 0. The maximum absolute atomic E-state index is 3.87. The van der Waals surface area contributed by atoms with Gasteiger partial charge in [0.15, 0.2) is 0 Å². The molecule has 0 aromatic rings. The summed E-state index contributed by atoms with van der Waals surface area (Å²) in [6.45, 7) is 3.41. The largest absolute Gasteiger partial charge is 0.358 e. The van der Waals surface area contributed by atoms with Gasteiger partial charge in [-0.05, 0) is 12.8 Å². The lowest BCUT2D eigenvalue weighted by Gasteiger charge is -2.01. The monoisotopic (exact) mass is 250 g/mol. The highest BCUT2D eigenvalue weighted by Gasteiger charge is 1.92. The van der Waals surface area contributed by atoms with Crippen molar-refractivity contribution in [2.75, 3.05) is 6.54 Å². The van der Waals surface area contributed by atoms with Crippen LogP contribution in [0, 0.1) is 0 Å². The van der Waals surface area contributed by atoms with E-state index >= 15 is 0 Å². The maximum Gasteiger partial charge on any atom is 0.0739 e. The maximum atomic E-state index is 3.87. The van der Waals surface area contributed by atoms with Crippen LogP contribution in [-0.4, -0.2) is 6.54 Å². The van der Waals surface area contributed by atoms with Crippen LogP contribution in [0.25, 0.3) is 0 Å². The Morgan fingerprint density at radius 3 is 1.19 bits per heavy atom. The van der Waals surface area contributed by atoms with Crippen molar-refractivity contribution in [2.24, 2.45) is 0 Å². The fourth-order valence-corrected chi connectivity index (χ4v) is 2.02. The first kappa shape index (κ1) is 18.6. The third-order valence-corrected chi connectivity index (χ3v) is 3.10. The molecule has 0 aliphatic rings. The molecule has 0 aliphatic carbocycles. The van der Waals surface area contributed by atoms with Crippen LogP contribution in [0.15, 0.2) is 0 Å². The second-order valence-corrected chi connectivity index (χ2v) is 4.74. The molecule has 0 aliphatic heterocycles.